The smallest absolute Gasteiger partial charge is 0.167 e. The highest BCUT2D eigenvalue weighted by Crippen LogP contribution is 2.44. The van der Waals surface area contributed by atoms with E-state index in [1.165, 1.54) is 6.07 Å². The van der Waals surface area contributed by atoms with Crippen LogP contribution in [0.25, 0.3) is 0 Å². The van der Waals surface area contributed by atoms with E-state index in [4.69, 9.17) is 5.73 Å². The summed E-state index contributed by atoms with van der Waals surface area (Å²) in [6.07, 6.45) is 1.83. The lowest BCUT2D eigenvalue weighted by Crippen LogP contribution is -2.18. The van der Waals surface area contributed by atoms with Gasteiger partial charge in [-0.15, -0.1) is 0 Å². The number of benzene rings is 1. The lowest BCUT2D eigenvalue weighted by Gasteiger charge is -2.11. The topological polar surface area (TPSA) is 46.2 Å². The van der Waals surface area contributed by atoms with Crippen LogP contribution in [0.3, 0.4) is 0 Å². The summed E-state index contributed by atoms with van der Waals surface area (Å²) in [7, 11) is 0. The van der Waals surface area contributed by atoms with Crippen LogP contribution in [0.2, 0.25) is 0 Å². The highest BCUT2D eigenvalue weighted by Gasteiger charge is 2.40. The maximum absolute atomic E-state index is 13.0. The van der Waals surface area contributed by atoms with Crippen LogP contribution in [0.15, 0.2) is 12.1 Å². The molecule has 0 atom stereocenters. The van der Waals surface area contributed by atoms with Crippen LogP contribution in [-0.2, 0) is 5.54 Å². The predicted molar refractivity (Wildman–Crippen MR) is 47.9 cm³/mol. The van der Waals surface area contributed by atoms with Gasteiger partial charge in [-0.25, -0.2) is 4.39 Å². The number of hydrogen-bond acceptors (Lipinski definition) is 2. The minimum atomic E-state index is -0.548. The van der Waals surface area contributed by atoms with Crippen molar-refractivity contribution in [1.29, 1.82) is 0 Å². The monoisotopic (exact) mass is 181 g/mol. The van der Waals surface area contributed by atoms with E-state index in [0.29, 0.717) is 5.56 Å². The molecular weight excluding hydrogens is 169 g/mol. The third-order valence-corrected chi connectivity index (χ3v) is 2.60. The van der Waals surface area contributed by atoms with Crippen LogP contribution in [-0.4, -0.2) is 5.11 Å². The van der Waals surface area contributed by atoms with Crippen molar-refractivity contribution in [2.24, 2.45) is 5.73 Å². The molecule has 1 saturated carbocycles. The fraction of sp³-hybridized carbons (Fsp3) is 0.400. The largest absolute Gasteiger partial charge is 0.505 e. The lowest BCUT2D eigenvalue weighted by molar-refractivity contribution is 0.428. The SMILES string of the molecule is Cc1cc(C2(N)CC2)cc(O)c1F. The first-order valence-corrected chi connectivity index (χ1v) is 4.31. The van der Waals surface area contributed by atoms with Crippen molar-refractivity contribution in [3.8, 4) is 5.75 Å². The van der Waals surface area contributed by atoms with Gasteiger partial charge < -0.3 is 10.8 Å². The summed E-state index contributed by atoms with van der Waals surface area (Å²) in [6, 6.07) is 3.14. The highest BCUT2D eigenvalue weighted by molar-refractivity contribution is 5.40. The molecule has 1 aliphatic carbocycles. The summed E-state index contributed by atoms with van der Waals surface area (Å²) in [4.78, 5) is 0. The highest BCUT2D eigenvalue weighted by atomic mass is 19.1. The number of aryl methyl sites for hydroxylation is 1. The zero-order chi connectivity index (χ0) is 9.64. The minimum absolute atomic E-state index is 0.299. The van der Waals surface area contributed by atoms with Crippen LogP contribution in [0, 0.1) is 12.7 Å². The van der Waals surface area contributed by atoms with Crippen molar-refractivity contribution < 1.29 is 9.50 Å². The Kier molecular flexibility index (Phi) is 1.60. The Bertz CT molecular complexity index is 335. The molecule has 0 spiro atoms. The molecule has 0 amide bonds. The Labute approximate surface area is 76.2 Å². The quantitative estimate of drug-likeness (QED) is 0.693. The second kappa shape index (κ2) is 2.45. The molecule has 3 heteroatoms. The van der Waals surface area contributed by atoms with Gasteiger partial charge in [0, 0.05) is 5.54 Å². The summed E-state index contributed by atoms with van der Waals surface area (Å²) in [5, 5.41) is 9.24. The summed E-state index contributed by atoms with van der Waals surface area (Å²) in [6.45, 7) is 1.63. The van der Waals surface area contributed by atoms with Gasteiger partial charge in [-0.3, -0.25) is 0 Å². The first-order chi connectivity index (χ1) is 6.03. The lowest BCUT2D eigenvalue weighted by atomic mass is 10.0. The Morgan fingerprint density at radius 1 is 1.46 bits per heavy atom. The molecular formula is C10H12FNO. The fourth-order valence-electron chi connectivity index (χ4n) is 1.46. The molecule has 0 aromatic heterocycles. The van der Waals surface area contributed by atoms with E-state index in [1.807, 2.05) is 0 Å². The van der Waals surface area contributed by atoms with Crippen LogP contribution in [0.5, 0.6) is 5.75 Å². The molecule has 2 rings (SSSR count). The molecule has 0 saturated heterocycles. The molecule has 0 bridgehead atoms. The molecule has 0 unspecified atom stereocenters. The van der Waals surface area contributed by atoms with Crippen LogP contribution >= 0.6 is 0 Å². The first kappa shape index (κ1) is 8.51. The third-order valence-electron chi connectivity index (χ3n) is 2.60. The van der Waals surface area contributed by atoms with Gasteiger partial charge >= 0.3 is 0 Å². The van der Waals surface area contributed by atoms with Crippen molar-refractivity contribution in [1.82, 2.24) is 0 Å². The average Bonchev–Trinajstić information content (AvgIpc) is 2.80. The second-order valence-corrected chi connectivity index (χ2v) is 3.78. The molecule has 0 heterocycles. The maximum atomic E-state index is 13.0. The Morgan fingerprint density at radius 2 is 2.08 bits per heavy atom. The molecule has 1 aromatic rings. The van der Waals surface area contributed by atoms with Crippen molar-refractivity contribution in [2.45, 2.75) is 25.3 Å². The van der Waals surface area contributed by atoms with Gasteiger partial charge in [0.2, 0.25) is 0 Å². The molecule has 0 radical (unpaired) electrons. The number of phenolic OH excluding ortho intramolecular Hbond substituents is 1. The average molecular weight is 181 g/mol. The molecule has 1 fully saturated rings. The Balaban J connectivity index is 2.50. The van der Waals surface area contributed by atoms with E-state index < -0.39 is 5.82 Å². The van der Waals surface area contributed by atoms with Gasteiger partial charge in [0.05, 0.1) is 0 Å². The summed E-state index contributed by atoms with van der Waals surface area (Å²) < 4.78 is 13.0. The summed E-state index contributed by atoms with van der Waals surface area (Å²) >= 11 is 0. The van der Waals surface area contributed by atoms with E-state index in [-0.39, 0.29) is 11.3 Å². The maximum Gasteiger partial charge on any atom is 0.167 e. The van der Waals surface area contributed by atoms with E-state index >= 15 is 0 Å². The predicted octanol–water partition coefficient (Wildman–Crippen LogP) is 1.79. The zero-order valence-corrected chi connectivity index (χ0v) is 7.47. The number of rotatable bonds is 1. The van der Waals surface area contributed by atoms with E-state index in [9.17, 15) is 9.50 Å². The Hall–Kier alpha value is -1.09. The molecule has 13 heavy (non-hydrogen) atoms. The standard InChI is InChI=1S/C10H12FNO/c1-6-4-7(10(12)2-3-10)5-8(13)9(6)11/h4-5,13H,2-3,12H2,1H3. The van der Waals surface area contributed by atoms with Gasteiger partial charge in [-0.2, -0.15) is 0 Å². The number of halogens is 1. The second-order valence-electron chi connectivity index (χ2n) is 3.78. The zero-order valence-electron chi connectivity index (χ0n) is 7.47. The Morgan fingerprint density at radius 3 is 2.54 bits per heavy atom. The molecule has 1 aromatic carbocycles. The number of phenols is 1. The van der Waals surface area contributed by atoms with Crippen molar-refractivity contribution in [3.63, 3.8) is 0 Å². The van der Waals surface area contributed by atoms with Crippen LogP contribution in [0.4, 0.5) is 4.39 Å². The molecule has 70 valence electrons. The molecule has 1 aliphatic rings. The molecule has 3 N–H and O–H groups in total. The van der Waals surface area contributed by atoms with E-state index in [1.54, 1.807) is 13.0 Å². The number of hydrogen-bond donors (Lipinski definition) is 2. The van der Waals surface area contributed by atoms with E-state index in [2.05, 4.69) is 0 Å². The number of aromatic hydroxyl groups is 1. The third kappa shape index (κ3) is 1.29. The number of nitrogens with two attached hydrogens (primary N) is 1. The van der Waals surface area contributed by atoms with Gasteiger partial charge in [-0.1, -0.05) is 6.07 Å². The first-order valence-electron chi connectivity index (χ1n) is 4.31. The van der Waals surface area contributed by atoms with Gasteiger partial charge in [-0.05, 0) is 37.0 Å². The summed E-state index contributed by atoms with van der Waals surface area (Å²) in [5.74, 6) is -0.847. The van der Waals surface area contributed by atoms with Gasteiger partial charge in [0.1, 0.15) is 0 Å². The molecule has 0 aliphatic heterocycles. The van der Waals surface area contributed by atoms with Crippen molar-refractivity contribution in [2.75, 3.05) is 0 Å². The van der Waals surface area contributed by atoms with Crippen molar-refractivity contribution in [3.05, 3.63) is 29.1 Å². The van der Waals surface area contributed by atoms with Gasteiger partial charge in [0.15, 0.2) is 11.6 Å². The van der Waals surface area contributed by atoms with Crippen LogP contribution < -0.4 is 5.73 Å². The minimum Gasteiger partial charge on any atom is -0.505 e. The summed E-state index contributed by atoms with van der Waals surface area (Å²) in [5.41, 5.74) is 6.90. The normalized spacial score (nSPS) is 18.7. The van der Waals surface area contributed by atoms with Gasteiger partial charge in [0.25, 0.3) is 0 Å². The molecule has 2 nitrogen and oxygen atoms in total. The van der Waals surface area contributed by atoms with Crippen LogP contribution in [0.1, 0.15) is 24.0 Å². The van der Waals surface area contributed by atoms with Crippen molar-refractivity contribution >= 4 is 0 Å². The van der Waals surface area contributed by atoms with E-state index in [0.717, 1.165) is 18.4 Å². The fourth-order valence-corrected chi connectivity index (χ4v) is 1.46.